The molecule has 0 radical (unpaired) electrons. The molecule has 0 saturated heterocycles. The predicted octanol–water partition coefficient (Wildman–Crippen LogP) is 1.58. The van der Waals surface area contributed by atoms with Gasteiger partial charge in [-0.1, -0.05) is 19.8 Å². The molecule has 2 heteroatoms. The normalized spacial score (nSPS) is 15.1. The third kappa shape index (κ3) is 5.26. The first-order chi connectivity index (χ1) is 6.63. The molecule has 0 aliphatic rings. The zero-order chi connectivity index (χ0) is 11.0. The van der Waals surface area contributed by atoms with E-state index in [1.165, 1.54) is 6.42 Å². The molecule has 0 heterocycles. The molecule has 0 aromatic carbocycles. The molecule has 0 fully saturated rings. The van der Waals surface area contributed by atoms with E-state index in [2.05, 4.69) is 44.0 Å². The van der Waals surface area contributed by atoms with E-state index in [0.717, 1.165) is 19.6 Å². The lowest BCUT2D eigenvalue weighted by molar-refractivity contribution is 0.217. The van der Waals surface area contributed by atoms with Crippen molar-refractivity contribution in [1.82, 2.24) is 10.2 Å². The third-order valence-corrected chi connectivity index (χ3v) is 2.75. The van der Waals surface area contributed by atoms with E-state index >= 15 is 0 Å². The Morgan fingerprint density at radius 3 is 2.57 bits per heavy atom. The molecule has 0 aliphatic carbocycles. The van der Waals surface area contributed by atoms with Gasteiger partial charge in [0.2, 0.25) is 0 Å². The topological polar surface area (TPSA) is 15.3 Å². The van der Waals surface area contributed by atoms with Gasteiger partial charge >= 0.3 is 0 Å². The number of terminal acetylenes is 1. The molecule has 0 aromatic heterocycles. The summed E-state index contributed by atoms with van der Waals surface area (Å²) in [6.45, 7) is 9.60. The fraction of sp³-hybridized carbons (Fsp3) is 0.833. The SMILES string of the molecule is C#CCN(C)C(C)C(C)CNCCC. The Bertz CT molecular complexity index is 172. The van der Waals surface area contributed by atoms with E-state index in [9.17, 15) is 0 Å². The monoisotopic (exact) mass is 196 g/mol. The van der Waals surface area contributed by atoms with Gasteiger partial charge in [0, 0.05) is 6.04 Å². The quantitative estimate of drug-likeness (QED) is 0.491. The average molecular weight is 196 g/mol. The van der Waals surface area contributed by atoms with E-state index in [1.807, 2.05) is 0 Å². The van der Waals surface area contributed by atoms with Crippen molar-refractivity contribution in [2.24, 2.45) is 5.92 Å². The molecule has 0 amide bonds. The highest BCUT2D eigenvalue weighted by atomic mass is 15.1. The summed E-state index contributed by atoms with van der Waals surface area (Å²) in [4.78, 5) is 2.22. The first kappa shape index (κ1) is 13.5. The Hall–Kier alpha value is -0.520. The molecule has 2 nitrogen and oxygen atoms in total. The smallest absolute Gasteiger partial charge is 0.0598 e. The Balaban J connectivity index is 3.74. The van der Waals surface area contributed by atoms with Crippen LogP contribution in [-0.2, 0) is 0 Å². The molecule has 2 unspecified atom stereocenters. The van der Waals surface area contributed by atoms with Crippen molar-refractivity contribution in [2.75, 3.05) is 26.7 Å². The van der Waals surface area contributed by atoms with Gasteiger partial charge in [-0.05, 0) is 39.4 Å². The minimum Gasteiger partial charge on any atom is -0.316 e. The van der Waals surface area contributed by atoms with Gasteiger partial charge in [-0.2, -0.15) is 0 Å². The van der Waals surface area contributed by atoms with Gasteiger partial charge in [-0.3, -0.25) is 4.90 Å². The summed E-state index contributed by atoms with van der Waals surface area (Å²) in [7, 11) is 2.08. The number of rotatable bonds is 7. The molecule has 0 saturated carbocycles. The fourth-order valence-electron chi connectivity index (χ4n) is 1.40. The summed E-state index contributed by atoms with van der Waals surface area (Å²) in [6.07, 6.45) is 6.48. The molecule has 82 valence electrons. The minimum absolute atomic E-state index is 0.537. The van der Waals surface area contributed by atoms with Gasteiger partial charge in [0.25, 0.3) is 0 Å². The van der Waals surface area contributed by atoms with Crippen molar-refractivity contribution in [1.29, 1.82) is 0 Å². The molecular weight excluding hydrogens is 172 g/mol. The summed E-state index contributed by atoms with van der Waals surface area (Å²) in [5.41, 5.74) is 0. The molecule has 0 aromatic rings. The van der Waals surface area contributed by atoms with Crippen molar-refractivity contribution in [2.45, 2.75) is 33.2 Å². The molecule has 14 heavy (non-hydrogen) atoms. The molecule has 0 rings (SSSR count). The molecular formula is C12H24N2. The summed E-state index contributed by atoms with van der Waals surface area (Å²) in [5.74, 6) is 3.31. The highest BCUT2D eigenvalue weighted by molar-refractivity contribution is 4.89. The van der Waals surface area contributed by atoms with E-state index in [1.54, 1.807) is 0 Å². The summed E-state index contributed by atoms with van der Waals surface area (Å²) < 4.78 is 0. The van der Waals surface area contributed by atoms with Crippen molar-refractivity contribution < 1.29 is 0 Å². The van der Waals surface area contributed by atoms with E-state index in [-0.39, 0.29) is 0 Å². The number of nitrogens with one attached hydrogen (secondary N) is 1. The van der Waals surface area contributed by atoms with Crippen LogP contribution in [0.1, 0.15) is 27.2 Å². The van der Waals surface area contributed by atoms with Crippen molar-refractivity contribution >= 4 is 0 Å². The molecule has 0 bridgehead atoms. The molecule has 0 aliphatic heterocycles. The molecule has 0 spiro atoms. The van der Waals surface area contributed by atoms with Gasteiger partial charge in [-0.25, -0.2) is 0 Å². The van der Waals surface area contributed by atoms with Crippen molar-refractivity contribution in [3.05, 3.63) is 0 Å². The van der Waals surface area contributed by atoms with Gasteiger partial charge in [0.05, 0.1) is 6.54 Å². The number of nitrogens with zero attached hydrogens (tertiary/aromatic N) is 1. The average Bonchev–Trinajstić information content (AvgIpc) is 2.17. The Morgan fingerprint density at radius 1 is 1.43 bits per heavy atom. The van der Waals surface area contributed by atoms with Crippen LogP contribution in [0.2, 0.25) is 0 Å². The van der Waals surface area contributed by atoms with Gasteiger partial charge in [0.1, 0.15) is 0 Å². The lowest BCUT2D eigenvalue weighted by Crippen LogP contribution is -2.39. The highest BCUT2D eigenvalue weighted by Gasteiger charge is 2.15. The lowest BCUT2D eigenvalue weighted by atomic mass is 10.0. The van der Waals surface area contributed by atoms with Crippen LogP contribution in [0.3, 0.4) is 0 Å². The second-order valence-electron chi connectivity index (χ2n) is 4.04. The standard InChI is InChI=1S/C12H24N2/c1-6-8-13-10-11(3)12(4)14(5)9-7-2/h2,11-13H,6,8-10H2,1,3-5H3. The van der Waals surface area contributed by atoms with Crippen LogP contribution in [0.5, 0.6) is 0 Å². The molecule has 2 atom stereocenters. The van der Waals surface area contributed by atoms with Crippen LogP contribution in [0.25, 0.3) is 0 Å². The Kier molecular flexibility index (Phi) is 7.55. The van der Waals surface area contributed by atoms with E-state index < -0.39 is 0 Å². The number of hydrogen-bond acceptors (Lipinski definition) is 2. The van der Waals surface area contributed by atoms with E-state index in [4.69, 9.17) is 6.42 Å². The van der Waals surface area contributed by atoms with Crippen LogP contribution >= 0.6 is 0 Å². The molecule has 1 N–H and O–H groups in total. The maximum Gasteiger partial charge on any atom is 0.0598 e. The summed E-state index contributed by atoms with van der Waals surface area (Å²) >= 11 is 0. The fourth-order valence-corrected chi connectivity index (χ4v) is 1.40. The third-order valence-electron chi connectivity index (χ3n) is 2.75. The summed E-state index contributed by atoms with van der Waals surface area (Å²) in [5, 5.41) is 3.43. The largest absolute Gasteiger partial charge is 0.316 e. The first-order valence-electron chi connectivity index (χ1n) is 5.47. The van der Waals surface area contributed by atoms with Gasteiger partial charge in [-0.15, -0.1) is 6.42 Å². The van der Waals surface area contributed by atoms with Crippen molar-refractivity contribution in [3.63, 3.8) is 0 Å². The Labute approximate surface area is 89.1 Å². The van der Waals surface area contributed by atoms with E-state index in [0.29, 0.717) is 12.0 Å². The van der Waals surface area contributed by atoms with Gasteiger partial charge in [0.15, 0.2) is 0 Å². The van der Waals surface area contributed by atoms with Crippen LogP contribution < -0.4 is 5.32 Å². The zero-order valence-corrected chi connectivity index (χ0v) is 10.0. The van der Waals surface area contributed by atoms with Crippen LogP contribution in [0.15, 0.2) is 0 Å². The van der Waals surface area contributed by atoms with Crippen molar-refractivity contribution in [3.8, 4) is 12.3 Å². The van der Waals surface area contributed by atoms with Gasteiger partial charge < -0.3 is 5.32 Å². The zero-order valence-electron chi connectivity index (χ0n) is 10.0. The maximum absolute atomic E-state index is 5.28. The lowest BCUT2D eigenvalue weighted by Gasteiger charge is -2.28. The number of hydrogen-bond donors (Lipinski definition) is 1. The second-order valence-corrected chi connectivity index (χ2v) is 4.04. The van der Waals surface area contributed by atoms with Crippen LogP contribution in [-0.4, -0.2) is 37.6 Å². The Morgan fingerprint density at radius 2 is 2.07 bits per heavy atom. The highest BCUT2D eigenvalue weighted by Crippen LogP contribution is 2.07. The predicted molar refractivity (Wildman–Crippen MR) is 63.2 cm³/mol. The van der Waals surface area contributed by atoms with Crippen LogP contribution in [0.4, 0.5) is 0 Å². The van der Waals surface area contributed by atoms with Crippen LogP contribution in [0, 0.1) is 18.3 Å². The first-order valence-corrected chi connectivity index (χ1v) is 5.47. The maximum atomic E-state index is 5.28. The summed E-state index contributed by atoms with van der Waals surface area (Å²) in [6, 6.07) is 0.537. The second kappa shape index (κ2) is 7.84. The minimum atomic E-state index is 0.537.